The lowest BCUT2D eigenvalue weighted by molar-refractivity contribution is 0.188. The van der Waals surface area contributed by atoms with Crippen LogP contribution >= 0.6 is 0 Å². The molecule has 1 aliphatic rings. The van der Waals surface area contributed by atoms with E-state index < -0.39 is 0 Å². The third kappa shape index (κ3) is 3.92. The minimum absolute atomic E-state index is 0.0745. The minimum Gasteiger partial charge on any atom is -0.492 e. The van der Waals surface area contributed by atoms with Crippen LogP contribution in [0.25, 0.3) is 0 Å². The molecule has 7 nitrogen and oxygen atoms in total. The summed E-state index contributed by atoms with van der Waals surface area (Å²) >= 11 is 0. The van der Waals surface area contributed by atoms with Crippen molar-refractivity contribution in [2.45, 2.75) is 19.4 Å². The normalized spacial score (nSPS) is 16.7. The molecule has 126 valence electrons. The van der Waals surface area contributed by atoms with Gasteiger partial charge < -0.3 is 19.7 Å². The number of carbonyl (C=O) groups excluding carboxylic acids is 1. The van der Waals surface area contributed by atoms with E-state index in [1.54, 1.807) is 23.2 Å². The zero-order valence-electron chi connectivity index (χ0n) is 13.5. The number of likely N-dealkylation sites (tertiary alicyclic amines) is 1. The highest BCUT2D eigenvalue weighted by atomic mass is 16.5. The van der Waals surface area contributed by atoms with Gasteiger partial charge in [0.05, 0.1) is 18.8 Å². The van der Waals surface area contributed by atoms with E-state index in [2.05, 4.69) is 15.5 Å². The van der Waals surface area contributed by atoms with Crippen molar-refractivity contribution in [3.63, 3.8) is 0 Å². The Morgan fingerprint density at radius 3 is 3.00 bits per heavy atom. The molecule has 0 aliphatic carbocycles. The van der Waals surface area contributed by atoms with Crippen molar-refractivity contribution in [1.82, 2.24) is 15.1 Å². The molecule has 1 aromatic carbocycles. The number of rotatable bonds is 5. The summed E-state index contributed by atoms with van der Waals surface area (Å²) < 4.78 is 11.3. The van der Waals surface area contributed by atoms with Gasteiger partial charge in [-0.1, -0.05) is 12.1 Å². The Bertz CT molecular complexity index is 681. The maximum atomic E-state index is 12.4. The number of amides is 2. The molecule has 1 aromatic heterocycles. The van der Waals surface area contributed by atoms with Crippen LogP contribution in [-0.4, -0.2) is 46.9 Å². The van der Waals surface area contributed by atoms with E-state index in [0.29, 0.717) is 37.0 Å². The van der Waals surface area contributed by atoms with Crippen LogP contribution in [0.1, 0.15) is 13.3 Å². The monoisotopic (exact) mass is 328 g/mol. The number of para-hydroxylation sites is 2. The smallest absolute Gasteiger partial charge is 0.322 e. The Balaban J connectivity index is 1.57. The first-order chi connectivity index (χ1) is 11.8. The van der Waals surface area contributed by atoms with Crippen LogP contribution in [0.4, 0.5) is 10.5 Å². The van der Waals surface area contributed by atoms with Gasteiger partial charge in [0, 0.05) is 25.2 Å². The largest absolute Gasteiger partial charge is 0.492 e. The van der Waals surface area contributed by atoms with Crippen LogP contribution in [0, 0.1) is 0 Å². The summed E-state index contributed by atoms with van der Waals surface area (Å²) in [5.74, 6) is 1.14. The number of nitrogens with one attached hydrogen (secondary N) is 1. The van der Waals surface area contributed by atoms with Gasteiger partial charge in [0.25, 0.3) is 0 Å². The first kappa shape index (κ1) is 16.0. The molecule has 1 N–H and O–H groups in total. The van der Waals surface area contributed by atoms with E-state index in [-0.39, 0.29) is 12.1 Å². The second-order valence-electron chi connectivity index (χ2n) is 5.40. The Hall–Kier alpha value is -2.83. The predicted molar refractivity (Wildman–Crippen MR) is 89.3 cm³/mol. The molecule has 2 aromatic rings. The summed E-state index contributed by atoms with van der Waals surface area (Å²) in [6.45, 7) is 3.60. The van der Waals surface area contributed by atoms with Crippen LogP contribution in [0.5, 0.6) is 11.6 Å². The van der Waals surface area contributed by atoms with Gasteiger partial charge in [0.2, 0.25) is 5.88 Å². The zero-order chi connectivity index (χ0) is 16.8. The molecule has 0 radical (unpaired) electrons. The van der Waals surface area contributed by atoms with E-state index >= 15 is 0 Å². The molecule has 24 heavy (non-hydrogen) atoms. The molecule has 3 rings (SSSR count). The van der Waals surface area contributed by atoms with Crippen molar-refractivity contribution in [1.29, 1.82) is 0 Å². The summed E-state index contributed by atoms with van der Waals surface area (Å²) in [6.07, 6.45) is 2.28. The third-order valence-electron chi connectivity index (χ3n) is 3.70. The first-order valence-electron chi connectivity index (χ1n) is 7.98. The van der Waals surface area contributed by atoms with Crippen molar-refractivity contribution in [2.75, 3.05) is 25.0 Å². The molecule has 7 heteroatoms. The van der Waals surface area contributed by atoms with Gasteiger partial charge in [-0.2, -0.15) is 5.10 Å². The number of benzene rings is 1. The molecule has 1 saturated heterocycles. The zero-order valence-corrected chi connectivity index (χ0v) is 13.5. The van der Waals surface area contributed by atoms with Gasteiger partial charge in [-0.3, -0.25) is 0 Å². The fraction of sp³-hybridized carbons (Fsp3) is 0.353. The molecular formula is C17H20N4O3. The number of anilines is 1. The average Bonchev–Trinajstić information content (AvgIpc) is 3.06. The van der Waals surface area contributed by atoms with Crippen LogP contribution in [0.2, 0.25) is 0 Å². The summed E-state index contributed by atoms with van der Waals surface area (Å²) in [6, 6.07) is 10.8. The summed E-state index contributed by atoms with van der Waals surface area (Å²) in [4.78, 5) is 14.2. The van der Waals surface area contributed by atoms with Crippen LogP contribution in [0.15, 0.2) is 42.6 Å². The Labute approximate surface area is 140 Å². The molecule has 2 heterocycles. The van der Waals surface area contributed by atoms with Crippen LogP contribution in [0.3, 0.4) is 0 Å². The lowest BCUT2D eigenvalue weighted by atomic mass is 10.3. The molecule has 0 spiro atoms. The minimum atomic E-state index is -0.160. The van der Waals surface area contributed by atoms with Gasteiger partial charge in [-0.25, -0.2) is 4.79 Å². The predicted octanol–water partition coefficient (Wildman–Crippen LogP) is 2.56. The number of hydrogen-bond donors (Lipinski definition) is 1. The van der Waals surface area contributed by atoms with E-state index in [0.717, 1.165) is 6.42 Å². The lowest BCUT2D eigenvalue weighted by Crippen LogP contribution is -2.34. The quantitative estimate of drug-likeness (QED) is 0.913. The third-order valence-corrected chi connectivity index (χ3v) is 3.70. The Morgan fingerprint density at radius 1 is 1.33 bits per heavy atom. The molecule has 1 unspecified atom stereocenters. The SMILES string of the molecule is CCOc1ccccc1NC(=O)N1CCC(Oc2cccnn2)C1. The van der Waals surface area contributed by atoms with Gasteiger partial charge in [0.1, 0.15) is 11.9 Å². The maximum absolute atomic E-state index is 12.4. The van der Waals surface area contributed by atoms with E-state index in [1.165, 1.54) is 0 Å². The summed E-state index contributed by atoms with van der Waals surface area (Å²) in [5, 5.41) is 10.6. The molecule has 1 fully saturated rings. The standard InChI is InChI=1S/C17H20N4O3/c1-2-23-15-7-4-3-6-14(15)19-17(22)21-11-9-13(12-21)24-16-8-5-10-18-20-16/h3-8,10,13H,2,9,11-12H2,1H3,(H,19,22). The number of carbonyl (C=O) groups is 1. The van der Waals surface area contributed by atoms with Gasteiger partial charge >= 0.3 is 6.03 Å². The highest BCUT2D eigenvalue weighted by Crippen LogP contribution is 2.25. The number of urea groups is 1. The van der Waals surface area contributed by atoms with Crippen molar-refractivity contribution in [3.05, 3.63) is 42.6 Å². The second kappa shape index (κ2) is 7.63. The highest BCUT2D eigenvalue weighted by Gasteiger charge is 2.28. The molecule has 1 atom stereocenters. The van der Waals surface area contributed by atoms with Gasteiger partial charge in [-0.15, -0.1) is 5.10 Å². The summed E-state index contributed by atoms with van der Waals surface area (Å²) in [5.41, 5.74) is 0.669. The first-order valence-corrected chi connectivity index (χ1v) is 7.98. The molecule has 0 saturated carbocycles. The van der Waals surface area contributed by atoms with Crippen molar-refractivity contribution in [3.8, 4) is 11.6 Å². The highest BCUT2D eigenvalue weighted by molar-refractivity contribution is 5.91. The molecule has 2 amide bonds. The van der Waals surface area contributed by atoms with Gasteiger partial charge in [-0.05, 0) is 25.1 Å². The topological polar surface area (TPSA) is 76.6 Å². The fourth-order valence-corrected chi connectivity index (χ4v) is 2.58. The Kier molecular flexibility index (Phi) is 5.10. The van der Waals surface area contributed by atoms with Gasteiger partial charge in [0.15, 0.2) is 0 Å². The number of hydrogen-bond acceptors (Lipinski definition) is 5. The Morgan fingerprint density at radius 2 is 2.21 bits per heavy atom. The number of ether oxygens (including phenoxy) is 2. The van der Waals surface area contributed by atoms with E-state index in [1.807, 2.05) is 31.2 Å². The van der Waals surface area contributed by atoms with E-state index in [9.17, 15) is 4.79 Å². The fourth-order valence-electron chi connectivity index (χ4n) is 2.58. The number of aromatic nitrogens is 2. The number of nitrogens with zero attached hydrogens (tertiary/aromatic N) is 3. The molecular weight excluding hydrogens is 308 g/mol. The maximum Gasteiger partial charge on any atom is 0.322 e. The van der Waals surface area contributed by atoms with Crippen LogP contribution < -0.4 is 14.8 Å². The average molecular weight is 328 g/mol. The summed E-state index contributed by atoms with van der Waals surface area (Å²) in [7, 11) is 0. The second-order valence-corrected chi connectivity index (χ2v) is 5.40. The van der Waals surface area contributed by atoms with Crippen molar-refractivity contribution < 1.29 is 14.3 Å². The van der Waals surface area contributed by atoms with Crippen LogP contribution in [-0.2, 0) is 0 Å². The molecule has 0 bridgehead atoms. The van der Waals surface area contributed by atoms with Crippen molar-refractivity contribution in [2.24, 2.45) is 0 Å². The van der Waals surface area contributed by atoms with Crippen molar-refractivity contribution >= 4 is 11.7 Å². The lowest BCUT2D eigenvalue weighted by Gasteiger charge is -2.19. The molecule has 1 aliphatic heterocycles. The van der Waals surface area contributed by atoms with E-state index in [4.69, 9.17) is 9.47 Å².